The van der Waals surface area contributed by atoms with Crippen molar-refractivity contribution in [3.63, 3.8) is 0 Å². The fraction of sp³-hybridized carbons (Fsp3) is 0.700. The van der Waals surface area contributed by atoms with Crippen molar-refractivity contribution in [1.82, 2.24) is 15.0 Å². The predicted molar refractivity (Wildman–Crippen MR) is 58.0 cm³/mol. The molecule has 0 radical (unpaired) electrons. The summed E-state index contributed by atoms with van der Waals surface area (Å²) in [6.07, 6.45) is 4.58. The molecule has 0 aliphatic carbocycles. The molecule has 0 fully saturated rings. The Labute approximate surface area is 89.9 Å². The first kappa shape index (κ1) is 11.5. The van der Waals surface area contributed by atoms with Gasteiger partial charge in [-0.2, -0.15) is 5.26 Å². The number of nitriles is 1. The number of hydrogen-bond acceptors (Lipinski definition) is 4. The highest BCUT2D eigenvalue weighted by molar-refractivity contribution is 5.42. The molecular formula is C10H17N5. The number of nitrogens with zero attached hydrogens (tertiary/aromatic N) is 4. The van der Waals surface area contributed by atoms with E-state index < -0.39 is 0 Å². The van der Waals surface area contributed by atoms with E-state index in [1.165, 1.54) is 12.8 Å². The molecule has 15 heavy (non-hydrogen) atoms. The number of hydrogen-bond donors (Lipinski definition) is 1. The number of anilines is 1. The van der Waals surface area contributed by atoms with E-state index in [4.69, 9.17) is 11.0 Å². The lowest BCUT2D eigenvalue weighted by Crippen LogP contribution is -2.10. The maximum absolute atomic E-state index is 8.68. The highest BCUT2D eigenvalue weighted by Crippen LogP contribution is 2.18. The Morgan fingerprint density at radius 3 is 2.80 bits per heavy atom. The van der Waals surface area contributed by atoms with Crippen LogP contribution in [0.5, 0.6) is 0 Å². The van der Waals surface area contributed by atoms with Crippen molar-refractivity contribution in [2.24, 2.45) is 0 Å². The van der Waals surface area contributed by atoms with E-state index in [2.05, 4.69) is 17.2 Å². The van der Waals surface area contributed by atoms with Crippen molar-refractivity contribution in [3.05, 3.63) is 5.69 Å². The standard InChI is InChI=1S/C10H17N5/c1-3-4-5-6-8(2)15-10(12)9(7-11)13-14-15/h8H,3-6,12H2,1-2H3. The predicted octanol–water partition coefficient (Wildman–Crippen LogP) is 1.87. The second-order valence-corrected chi connectivity index (χ2v) is 3.72. The summed E-state index contributed by atoms with van der Waals surface area (Å²) < 4.78 is 1.63. The maximum Gasteiger partial charge on any atom is 0.206 e. The monoisotopic (exact) mass is 207 g/mol. The second kappa shape index (κ2) is 5.35. The average Bonchev–Trinajstić information content (AvgIpc) is 2.60. The van der Waals surface area contributed by atoms with Crippen LogP contribution in [0.15, 0.2) is 0 Å². The van der Waals surface area contributed by atoms with Crippen molar-refractivity contribution >= 4 is 5.82 Å². The molecule has 0 amide bonds. The third-order valence-electron chi connectivity index (χ3n) is 2.48. The van der Waals surface area contributed by atoms with Crippen molar-refractivity contribution in [1.29, 1.82) is 5.26 Å². The molecule has 0 saturated carbocycles. The van der Waals surface area contributed by atoms with Gasteiger partial charge in [-0.25, -0.2) is 4.68 Å². The van der Waals surface area contributed by atoms with Crippen LogP contribution in [-0.2, 0) is 0 Å². The summed E-state index contributed by atoms with van der Waals surface area (Å²) in [5, 5.41) is 16.3. The zero-order valence-electron chi connectivity index (χ0n) is 9.27. The van der Waals surface area contributed by atoms with Gasteiger partial charge < -0.3 is 5.73 Å². The van der Waals surface area contributed by atoms with Crippen LogP contribution in [0.3, 0.4) is 0 Å². The van der Waals surface area contributed by atoms with E-state index in [-0.39, 0.29) is 11.7 Å². The van der Waals surface area contributed by atoms with Crippen molar-refractivity contribution in [3.8, 4) is 6.07 Å². The lowest BCUT2D eigenvalue weighted by atomic mass is 10.1. The smallest absolute Gasteiger partial charge is 0.206 e. The number of nitrogen functional groups attached to an aromatic ring is 1. The molecule has 0 saturated heterocycles. The van der Waals surface area contributed by atoms with E-state index in [0.717, 1.165) is 12.8 Å². The number of rotatable bonds is 5. The molecule has 0 aromatic carbocycles. The van der Waals surface area contributed by atoms with Gasteiger partial charge >= 0.3 is 0 Å². The maximum atomic E-state index is 8.68. The molecule has 5 heteroatoms. The van der Waals surface area contributed by atoms with Gasteiger partial charge in [0.1, 0.15) is 6.07 Å². The molecule has 1 aromatic heterocycles. The van der Waals surface area contributed by atoms with Crippen LogP contribution < -0.4 is 5.73 Å². The molecule has 2 N–H and O–H groups in total. The Hall–Kier alpha value is -1.57. The first-order chi connectivity index (χ1) is 7.20. The molecule has 1 aromatic rings. The van der Waals surface area contributed by atoms with Crippen LogP contribution in [0.4, 0.5) is 5.82 Å². The lowest BCUT2D eigenvalue weighted by molar-refractivity contribution is 0.434. The summed E-state index contributed by atoms with van der Waals surface area (Å²) >= 11 is 0. The molecule has 0 aliphatic heterocycles. The molecular weight excluding hydrogens is 190 g/mol. The van der Waals surface area contributed by atoms with Crippen molar-refractivity contribution in [2.45, 2.75) is 45.6 Å². The number of aromatic nitrogens is 3. The minimum absolute atomic E-state index is 0.214. The van der Waals surface area contributed by atoms with Crippen LogP contribution in [0.25, 0.3) is 0 Å². The molecule has 0 bridgehead atoms. The van der Waals surface area contributed by atoms with Gasteiger partial charge in [0.05, 0.1) is 6.04 Å². The summed E-state index contributed by atoms with van der Waals surface area (Å²) in [6.45, 7) is 4.21. The quantitative estimate of drug-likeness (QED) is 0.747. The zero-order chi connectivity index (χ0) is 11.3. The van der Waals surface area contributed by atoms with E-state index in [1.807, 2.05) is 13.0 Å². The molecule has 1 unspecified atom stereocenters. The van der Waals surface area contributed by atoms with Gasteiger partial charge in [-0.1, -0.05) is 31.4 Å². The highest BCUT2D eigenvalue weighted by Gasteiger charge is 2.13. The fourth-order valence-corrected chi connectivity index (χ4v) is 1.52. The van der Waals surface area contributed by atoms with Gasteiger partial charge in [0.2, 0.25) is 5.69 Å². The topological polar surface area (TPSA) is 80.5 Å². The van der Waals surface area contributed by atoms with Gasteiger partial charge in [0.25, 0.3) is 0 Å². The summed E-state index contributed by atoms with van der Waals surface area (Å²) in [7, 11) is 0. The fourth-order valence-electron chi connectivity index (χ4n) is 1.52. The molecule has 0 spiro atoms. The SMILES string of the molecule is CCCCCC(C)n1nnc(C#N)c1N. The minimum atomic E-state index is 0.214. The molecule has 1 atom stereocenters. The number of nitrogens with two attached hydrogens (primary N) is 1. The van der Waals surface area contributed by atoms with Crippen LogP contribution in [0.2, 0.25) is 0 Å². The normalized spacial score (nSPS) is 12.3. The molecule has 5 nitrogen and oxygen atoms in total. The first-order valence-electron chi connectivity index (χ1n) is 5.31. The van der Waals surface area contributed by atoms with Gasteiger partial charge in [-0.05, 0) is 13.3 Å². The Morgan fingerprint density at radius 1 is 1.53 bits per heavy atom. The summed E-state index contributed by atoms with van der Waals surface area (Å²) in [5.74, 6) is 0.376. The van der Waals surface area contributed by atoms with Gasteiger partial charge in [0, 0.05) is 0 Å². The highest BCUT2D eigenvalue weighted by atomic mass is 15.5. The van der Waals surface area contributed by atoms with E-state index >= 15 is 0 Å². The Bertz CT molecular complexity index is 349. The van der Waals surface area contributed by atoms with Crippen LogP contribution >= 0.6 is 0 Å². The molecule has 82 valence electrons. The van der Waals surface area contributed by atoms with Crippen molar-refractivity contribution in [2.75, 3.05) is 5.73 Å². The summed E-state index contributed by atoms with van der Waals surface area (Å²) in [6, 6.07) is 2.13. The molecule has 1 rings (SSSR count). The first-order valence-corrected chi connectivity index (χ1v) is 5.31. The van der Waals surface area contributed by atoms with Crippen LogP contribution in [0.1, 0.15) is 51.3 Å². The summed E-state index contributed by atoms with van der Waals surface area (Å²) in [4.78, 5) is 0. The summed E-state index contributed by atoms with van der Waals surface area (Å²) in [5.41, 5.74) is 5.95. The van der Waals surface area contributed by atoms with Gasteiger partial charge in [0.15, 0.2) is 5.82 Å². The van der Waals surface area contributed by atoms with E-state index in [0.29, 0.717) is 5.82 Å². The minimum Gasteiger partial charge on any atom is -0.381 e. The van der Waals surface area contributed by atoms with E-state index in [9.17, 15) is 0 Å². The third-order valence-corrected chi connectivity index (χ3v) is 2.48. The zero-order valence-corrected chi connectivity index (χ0v) is 9.27. The Balaban J connectivity index is 2.62. The van der Waals surface area contributed by atoms with Crippen molar-refractivity contribution < 1.29 is 0 Å². The van der Waals surface area contributed by atoms with Gasteiger partial charge in [-0.3, -0.25) is 0 Å². The van der Waals surface area contributed by atoms with E-state index in [1.54, 1.807) is 4.68 Å². The van der Waals surface area contributed by atoms with Crippen LogP contribution in [-0.4, -0.2) is 15.0 Å². The lowest BCUT2D eigenvalue weighted by Gasteiger charge is -2.11. The Kier molecular flexibility index (Phi) is 4.10. The molecule has 1 heterocycles. The second-order valence-electron chi connectivity index (χ2n) is 3.72. The van der Waals surface area contributed by atoms with Gasteiger partial charge in [-0.15, -0.1) is 5.10 Å². The average molecular weight is 207 g/mol. The number of unbranched alkanes of at least 4 members (excludes halogenated alkanes) is 2. The third kappa shape index (κ3) is 2.69. The largest absolute Gasteiger partial charge is 0.381 e. The van der Waals surface area contributed by atoms with Crippen LogP contribution in [0, 0.1) is 11.3 Å². The Morgan fingerprint density at radius 2 is 2.27 bits per heavy atom. The molecule has 0 aliphatic rings.